The average molecular weight is 482 g/mol. The van der Waals surface area contributed by atoms with Crippen molar-refractivity contribution in [3.8, 4) is 0 Å². The minimum atomic E-state index is -0.310. The van der Waals surface area contributed by atoms with Crippen LogP contribution in [0.2, 0.25) is 0 Å². The molecule has 5 rings (SSSR count). The average Bonchev–Trinajstić information content (AvgIpc) is 3.57. The first kappa shape index (κ1) is 21.8. The maximum Gasteiger partial charge on any atom is 0.287 e. The summed E-state index contributed by atoms with van der Waals surface area (Å²) in [6, 6.07) is 6.98. The van der Waals surface area contributed by atoms with Crippen LogP contribution in [0, 0.1) is 0 Å². The highest BCUT2D eigenvalue weighted by Crippen LogP contribution is 2.35. The SMILES string of the molecule is C=CCn1c(SCc2ccc(C(=O)NCc3ccco3)o2)nc2sc3c(c2c1=O)CCCC3. The number of hydrogen-bond acceptors (Lipinski definition) is 7. The highest BCUT2D eigenvalue weighted by molar-refractivity contribution is 7.98. The number of nitrogens with zero attached hydrogens (tertiary/aromatic N) is 2. The third-order valence-corrected chi connectivity index (χ3v) is 7.77. The second-order valence-electron chi connectivity index (χ2n) is 7.81. The van der Waals surface area contributed by atoms with E-state index < -0.39 is 0 Å². The topological polar surface area (TPSA) is 90.3 Å². The first-order valence-electron chi connectivity index (χ1n) is 10.8. The van der Waals surface area contributed by atoms with E-state index in [-0.39, 0.29) is 17.2 Å². The number of hydrogen-bond donors (Lipinski definition) is 1. The summed E-state index contributed by atoms with van der Waals surface area (Å²) in [5, 5.41) is 4.17. The van der Waals surface area contributed by atoms with Crippen LogP contribution in [-0.2, 0) is 31.7 Å². The summed E-state index contributed by atoms with van der Waals surface area (Å²) in [6.07, 6.45) is 7.53. The van der Waals surface area contributed by atoms with Gasteiger partial charge in [-0.05, 0) is 55.5 Å². The number of thioether (sulfide) groups is 1. The molecule has 0 unspecified atom stereocenters. The van der Waals surface area contributed by atoms with Gasteiger partial charge < -0.3 is 14.2 Å². The molecule has 170 valence electrons. The van der Waals surface area contributed by atoms with Crippen LogP contribution in [0.3, 0.4) is 0 Å². The maximum absolute atomic E-state index is 13.3. The van der Waals surface area contributed by atoms with Gasteiger partial charge in [-0.25, -0.2) is 4.98 Å². The zero-order valence-corrected chi connectivity index (χ0v) is 19.6. The summed E-state index contributed by atoms with van der Waals surface area (Å²) in [6.45, 7) is 4.49. The fourth-order valence-corrected chi connectivity index (χ4v) is 6.21. The number of allylic oxidation sites excluding steroid dienone is 1. The molecule has 0 bridgehead atoms. The number of amides is 1. The molecule has 1 aliphatic rings. The molecule has 0 atom stereocenters. The lowest BCUT2D eigenvalue weighted by molar-refractivity contribution is 0.0919. The molecular weight excluding hydrogens is 458 g/mol. The van der Waals surface area contributed by atoms with Crippen molar-refractivity contribution in [3.05, 3.63) is 81.3 Å². The predicted octanol–water partition coefficient (Wildman–Crippen LogP) is 4.93. The Hall–Kier alpha value is -3.04. The van der Waals surface area contributed by atoms with E-state index in [0.717, 1.165) is 35.9 Å². The van der Waals surface area contributed by atoms with Crippen LogP contribution >= 0.6 is 23.1 Å². The fraction of sp³-hybridized carbons (Fsp3) is 0.292. The Morgan fingerprint density at radius 2 is 2.15 bits per heavy atom. The van der Waals surface area contributed by atoms with Gasteiger partial charge >= 0.3 is 0 Å². The summed E-state index contributed by atoms with van der Waals surface area (Å²) in [5.41, 5.74) is 1.18. The second-order valence-corrected chi connectivity index (χ2v) is 9.83. The van der Waals surface area contributed by atoms with Crippen molar-refractivity contribution in [2.45, 2.75) is 49.7 Å². The molecule has 0 aliphatic heterocycles. The quantitative estimate of drug-likeness (QED) is 0.218. The highest BCUT2D eigenvalue weighted by Gasteiger charge is 2.22. The van der Waals surface area contributed by atoms with E-state index in [0.29, 0.717) is 35.5 Å². The zero-order chi connectivity index (χ0) is 22.8. The molecule has 0 fully saturated rings. The Balaban J connectivity index is 1.34. The molecule has 0 aromatic carbocycles. The molecule has 33 heavy (non-hydrogen) atoms. The predicted molar refractivity (Wildman–Crippen MR) is 129 cm³/mol. The number of fused-ring (bicyclic) bond motifs is 3. The summed E-state index contributed by atoms with van der Waals surface area (Å²) >= 11 is 3.06. The van der Waals surface area contributed by atoms with E-state index in [1.165, 1.54) is 22.2 Å². The van der Waals surface area contributed by atoms with Crippen molar-refractivity contribution < 1.29 is 13.6 Å². The minimum absolute atomic E-state index is 0.000706. The molecule has 9 heteroatoms. The van der Waals surface area contributed by atoms with Crippen LogP contribution in [0.15, 0.2) is 62.0 Å². The fourth-order valence-electron chi connectivity index (χ4n) is 4.00. The van der Waals surface area contributed by atoms with Gasteiger partial charge in [0.1, 0.15) is 16.4 Å². The molecule has 0 saturated heterocycles. The number of thiophene rings is 1. The third kappa shape index (κ3) is 4.43. The molecular formula is C24H23N3O4S2. The van der Waals surface area contributed by atoms with Gasteiger partial charge in [0.15, 0.2) is 10.9 Å². The second kappa shape index (κ2) is 9.44. The van der Waals surface area contributed by atoms with Crippen molar-refractivity contribution in [1.82, 2.24) is 14.9 Å². The zero-order valence-electron chi connectivity index (χ0n) is 18.0. The Kier molecular flexibility index (Phi) is 6.24. The van der Waals surface area contributed by atoms with Gasteiger partial charge in [-0.3, -0.25) is 14.2 Å². The highest BCUT2D eigenvalue weighted by atomic mass is 32.2. The van der Waals surface area contributed by atoms with Gasteiger partial charge in [-0.2, -0.15) is 0 Å². The Bertz CT molecular complexity index is 1360. The molecule has 7 nitrogen and oxygen atoms in total. The molecule has 0 spiro atoms. The van der Waals surface area contributed by atoms with Crippen molar-refractivity contribution in [1.29, 1.82) is 0 Å². The van der Waals surface area contributed by atoms with Gasteiger partial charge in [0, 0.05) is 11.4 Å². The molecule has 0 radical (unpaired) electrons. The third-order valence-electron chi connectivity index (χ3n) is 5.58. The maximum atomic E-state index is 13.3. The number of aromatic nitrogens is 2. The largest absolute Gasteiger partial charge is 0.467 e. The Morgan fingerprint density at radius 3 is 2.97 bits per heavy atom. The summed E-state index contributed by atoms with van der Waals surface area (Å²) in [5.74, 6) is 1.67. The van der Waals surface area contributed by atoms with Crippen LogP contribution < -0.4 is 10.9 Å². The number of furan rings is 2. The smallest absolute Gasteiger partial charge is 0.287 e. The van der Waals surface area contributed by atoms with Crippen LogP contribution in [-0.4, -0.2) is 15.5 Å². The van der Waals surface area contributed by atoms with Crippen molar-refractivity contribution >= 4 is 39.2 Å². The van der Waals surface area contributed by atoms with Gasteiger partial charge in [-0.15, -0.1) is 17.9 Å². The molecule has 4 heterocycles. The van der Waals surface area contributed by atoms with Crippen LogP contribution in [0.5, 0.6) is 0 Å². The molecule has 1 N–H and O–H groups in total. The number of carbonyl (C=O) groups excluding carboxylic acids is 1. The molecule has 1 amide bonds. The van der Waals surface area contributed by atoms with Crippen molar-refractivity contribution in [2.24, 2.45) is 0 Å². The number of carbonyl (C=O) groups is 1. The summed E-state index contributed by atoms with van der Waals surface area (Å²) < 4.78 is 12.6. The lowest BCUT2D eigenvalue weighted by atomic mass is 9.97. The molecule has 0 saturated carbocycles. The number of aryl methyl sites for hydroxylation is 2. The van der Waals surface area contributed by atoms with E-state index >= 15 is 0 Å². The molecule has 4 aromatic heterocycles. The van der Waals surface area contributed by atoms with Crippen molar-refractivity contribution in [3.63, 3.8) is 0 Å². The van der Waals surface area contributed by atoms with Gasteiger partial charge in [0.05, 0.1) is 23.9 Å². The molecule has 1 aliphatic carbocycles. The van der Waals surface area contributed by atoms with Gasteiger partial charge in [0.25, 0.3) is 11.5 Å². The van der Waals surface area contributed by atoms with E-state index in [1.807, 2.05) is 0 Å². The minimum Gasteiger partial charge on any atom is -0.467 e. The van der Waals surface area contributed by atoms with E-state index in [1.54, 1.807) is 52.5 Å². The Morgan fingerprint density at radius 1 is 1.27 bits per heavy atom. The summed E-state index contributed by atoms with van der Waals surface area (Å²) in [7, 11) is 0. The van der Waals surface area contributed by atoms with Crippen LogP contribution in [0.25, 0.3) is 10.2 Å². The number of rotatable bonds is 8. The van der Waals surface area contributed by atoms with Crippen LogP contribution in [0.1, 0.15) is 45.4 Å². The Labute approximate surface area is 198 Å². The monoisotopic (exact) mass is 481 g/mol. The van der Waals surface area contributed by atoms with Gasteiger partial charge in [-0.1, -0.05) is 17.8 Å². The van der Waals surface area contributed by atoms with Crippen molar-refractivity contribution in [2.75, 3.05) is 0 Å². The standard InChI is InChI=1S/C24H23N3O4S2/c1-2-11-27-23(29)20-17-7-3-4-8-19(17)33-22(20)26-24(27)32-14-16-9-10-18(31-16)21(28)25-13-15-6-5-12-30-15/h2,5-6,9-10,12H,1,3-4,7-8,11,13-14H2,(H,25,28). The van der Waals surface area contributed by atoms with Crippen LogP contribution in [0.4, 0.5) is 0 Å². The molecule has 4 aromatic rings. The van der Waals surface area contributed by atoms with E-state index in [9.17, 15) is 9.59 Å². The lowest BCUT2D eigenvalue weighted by Crippen LogP contribution is -2.23. The van der Waals surface area contributed by atoms with E-state index in [2.05, 4.69) is 11.9 Å². The first-order chi connectivity index (χ1) is 16.1. The van der Waals surface area contributed by atoms with E-state index in [4.69, 9.17) is 13.8 Å². The first-order valence-corrected chi connectivity index (χ1v) is 12.6. The summed E-state index contributed by atoms with van der Waals surface area (Å²) in [4.78, 5) is 32.6. The van der Waals surface area contributed by atoms with Gasteiger partial charge in [0.2, 0.25) is 0 Å². The normalized spacial score (nSPS) is 13.2. The number of nitrogens with one attached hydrogen (secondary N) is 1. The lowest BCUT2D eigenvalue weighted by Gasteiger charge is -2.12.